The Morgan fingerprint density at radius 3 is 2.47 bits per heavy atom. The van der Waals surface area contributed by atoms with Crippen LogP contribution in [0, 0.1) is 0 Å². The van der Waals surface area contributed by atoms with Gasteiger partial charge in [-0.15, -0.1) is 0 Å². The minimum absolute atomic E-state index is 0.0243. The predicted octanol–water partition coefficient (Wildman–Crippen LogP) is 0.465. The van der Waals surface area contributed by atoms with E-state index in [0.29, 0.717) is 0 Å². The van der Waals surface area contributed by atoms with Gasteiger partial charge in [0.2, 0.25) is 5.28 Å². The van der Waals surface area contributed by atoms with Gasteiger partial charge in [-0.2, -0.15) is 4.31 Å². The smallest absolute Gasteiger partial charge is 0.261 e. The summed E-state index contributed by atoms with van der Waals surface area (Å²) in [6.45, 7) is 3.04. The maximum Gasteiger partial charge on any atom is 0.261 e. The monoisotopic (exact) mass is 281 g/mol. The quantitative estimate of drug-likeness (QED) is 0.870. The summed E-state index contributed by atoms with van der Waals surface area (Å²) < 4.78 is 26.6. The van der Waals surface area contributed by atoms with Crippen LogP contribution in [0.4, 0.5) is 0 Å². The van der Waals surface area contributed by atoms with Gasteiger partial charge in [0.25, 0.3) is 10.0 Å². The van der Waals surface area contributed by atoms with Gasteiger partial charge < -0.3 is 9.67 Å². The van der Waals surface area contributed by atoms with Gasteiger partial charge in [-0.05, 0) is 25.4 Å². The first-order valence-electron chi connectivity index (χ1n) is 4.91. The fourth-order valence-electron chi connectivity index (χ4n) is 1.33. The van der Waals surface area contributed by atoms with Crippen LogP contribution in [0.1, 0.15) is 13.8 Å². The Balaban J connectivity index is 3.03. The second kappa shape index (κ2) is 4.56. The number of imidazole rings is 1. The van der Waals surface area contributed by atoms with Crippen LogP contribution in [0.5, 0.6) is 0 Å². The molecule has 0 amide bonds. The predicted molar refractivity (Wildman–Crippen MR) is 64.3 cm³/mol. The molecule has 1 aromatic heterocycles. The molecule has 1 N–H and O–H groups in total. The van der Waals surface area contributed by atoms with E-state index in [-0.39, 0.29) is 16.9 Å². The van der Waals surface area contributed by atoms with Gasteiger partial charge in [0, 0.05) is 26.8 Å². The van der Waals surface area contributed by atoms with Gasteiger partial charge in [-0.3, -0.25) is 0 Å². The van der Waals surface area contributed by atoms with Crippen molar-refractivity contribution in [2.45, 2.75) is 24.5 Å². The number of aryl methyl sites for hydroxylation is 1. The summed E-state index contributed by atoms with van der Waals surface area (Å²) >= 11 is 5.69. The van der Waals surface area contributed by atoms with Crippen molar-refractivity contribution in [2.75, 3.05) is 13.6 Å². The van der Waals surface area contributed by atoms with Gasteiger partial charge in [0.15, 0.2) is 5.03 Å². The van der Waals surface area contributed by atoms with Gasteiger partial charge in [-0.25, -0.2) is 13.4 Å². The van der Waals surface area contributed by atoms with E-state index in [2.05, 4.69) is 4.98 Å². The Labute approximate surface area is 106 Å². The second-order valence-electron chi connectivity index (χ2n) is 4.53. The largest absolute Gasteiger partial charge is 0.389 e. The minimum atomic E-state index is -3.72. The third kappa shape index (κ3) is 3.41. The highest BCUT2D eigenvalue weighted by atomic mass is 35.5. The maximum atomic E-state index is 12.1. The first-order valence-corrected chi connectivity index (χ1v) is 6.73. The lowest BCUT2D eigenvalue weighted by Gasteiger charge is -2.24. The highest BCUT2D eigenvalue weighted by Gasteiger charge is 2.28. The molecule has 0 unspecified atom stereocenters. The molecular formula is C9H16ClN3O3S. The van der Waals surface area contributed by atoms with Crippen LogP contribution in [0.2, 0.25) is 5.28 Å². The molecule has 0 saturated carbocycles. The van der Waals surface area contributed by atoms with Gasteiger partial charge >= 0.3 is 0 Å². The van der Waals surface area contributed by atoms with Crippen molar-refractivity contribution in [1.29, 1.82) is 0 Å². The number of aliphatic hydroxyl groups is 1. The van der Waals surface area contributed by atoms with Gasteiger partial charge in [-0.1, -0.05) is 0 Å². The summed E-state index contributed by atoms with van der Waals surface area (Å²) in [6, 6.07) is 0. The highest BCUT2D eigenvalue weighted by Crippen LogP contribution is 2.17. The molecule has 0 radical (unpaired) electrons. The standard InChI is InChI=1S/C9H16ClN3O3S/c1-9(2,14)6-13(4)17(15,16)7-5-12(3)8(10)11-7/h5,14H,6H2,1-4H3. The SMILES string of the molecule is CN(CC(C)(C)O)S(=O)(=O)c1cn(C)c(Cl)n1. The molecule has 0 aliphatic rings. The van der Waals surface area contributed by atoms with E-state index in [4.69, 9.17) is 11.6 Å². The van der Waals surface area contributed by atoms with E-state index in [1.165, 1.54) is 31.7 Å². The van der Waals surface area contributed by atoms with Crippen LogP contribution in [-0.2, 0) is 17.1 Å². The summed E-state index contributed by atoms with van der Waals surface area (Å²) in [5.41, 5.74) is -1.11. The van der Waals surface area contributed by atoms with Crippen molar-refractivity contribution in [3.05, 3.63) is 11.5 Å². The summed E-state index contributed by atoms with van der Waals surface area (Å²) in [5, 5.41) is 9.57. The first-order chi connectivity index (χ1) is 7.54. The Morgan fingerprint density at radius 1 is 1.59 bits per heavy atom. The summed E-state index contributed by atoms with van der Waals surface area (Å²) in [6.07, 6.45) is 1.33. The van der Waals surface area contributed by atoms with Gasteiger partial charge in [0.1, 0.15) is 0 Å². The third-order valence-electron chi connectivity index (χ3n) is 2.08. The number of aromatic nitrogens is 2. The second-order valence-corrected chi connectivity index (χ2v) is 6.86. The lowest BCUT2D eigenvalue weighted by atomic mass is 10.1. The summed E-state index contributed by atoms with van der Waals surface area (Å²) in [4.78, 5) is 3.75. The van der Waals surface area contributed by atoms with Crippen LogP contribution in [0.3, 0.4) is 0 Å². The van der Waals surface area contributed by atoms with Crippen LogP contribution >= 0.6 is 11.6 Å². The lowest BCUT2D eigenvalue weighted by Crippen LogP contribution is -2.39. The van der Waals surface area contributed by atoms with Crippen LogP contribution in [0.15, 0.2) is 11.2 Å². The molecule has 0 saturated heterocycles. The highest BCUT2D eigenvalue weighted by molar-refractivity contribution is 7.89. The number of hydrogen-bond acceptors (Lipinski definition) is 4. The molecule has 0 bridgehead atoms. The average molecular weight is 282 g/mol. The molecule has 1 aromatic rings. The number of nitrogens with zero attached hydrogens (tertiary/aromatic N) is 3. The van der Waals surface area contributed by atoms with E-state index in [0.717, 1.165) is 4.31 Å². The zero-order chi connectivity index (χ0) is 13.4. The van der Waals surface area contributed by atoms with E-state index >= 15 is 0 Å². The van der Waals surface area contributed by atoms with E-state index in [1.807, 2.05) is 0 Å². The van der Waals surface area contributed by atoms with Crippen molar-refractivity contribution in [3.8, 4) is 0 Å². The van der Waals surface area contributed by atoms with Crippen LogP contribution in [0.25, 0.3) is 0 Å². The van der Waals surface area contributed by atoms with E-state index in [1.54, 1.807) is 7.05 Å². The van der Waals surface area contributed by atoms with Crippen molar-refractivity contribution in [3.63, 3.8) is 0 Å². The molecule has 1 heterocycles. The molecule has 0 aromatic carbocycles. The lowest BCUT2D eigenvalue weighted by molar-refractivity contribution is 0.0639. The Hall–Kier alpha value is -0.630. The number of sulfonamides is 1. The molecule has 0 spiro atoms. The van der Waals surface area contributed by atoms with Gasteiger partial charge in [0.05, 0.1) is 5.60 Å². The van der Waals surface area contributed by atoms with E-state index in [9.17, 15) is 13.5 Å². The zero-order valence-electron chi connectivity index (χ0n) is 10.2. The number of hydrogen-bond donors (Lipinski definition) is 1. The first kappa shape index (κ1) is 14.4. The molecule has 0 aliphatic heterocycles. The van der Waals surface area contributed by atoms with Crippen molar-refractivity contribution < 1.29 is 13.5 Å². The zero-order valence-corrected chi connectivity index (χ0v) is 11.7. The van der Waals surface area contributed by atoms with Crippen molar-refractivity contribution >= 4 is 21.6 Å². The maximum absolute atomic E-state index is 12.1. The molecule has 98 valence electrons. The summed E-state index contributed by atoms with van der Waals surface area (Å²) in [5.74, 6) is 0. The molecule has 6 nitrogen and oxygen atoms in total. The molecular weight excluding hydrogens is 266 g/mol. The molecule has 8 heteroatoms. The minimum Gasteiger partial charge on any atom is -0.389 e. The molecule has 0 aliphatic carbocycles. The van der Waals surface area contributed by atoms with Crippen molar-refractivity contribution in [2.24, 2.45) is 7.05 Å². The number of rotatable bonds is 4. The average Bonchev–Trinajstić information content (AvgIpc) is 2.44. The fraction of sp³-hybridized carbons (Fsp3) is 0.667. The molecule has 0 fully saturated rings. The fourth-order valence-corrected chi connectivity index (χ4v) is 2.82. The van der Waals surface area contributed by atoms with Crippen molar-refractivity contribution in [1.82, 2.24) is 13.9 Å². The topological polar surface area (TPSA) is 75.4 Å². The summed E-state index contributed by atoms with van der Waals surface area (Å²) in [7, 11) is -0.731. The molecule has 1 rings (SSSR count). The van der Waals surface area contributed by atoms with Crippen LogP contribution in [-0.4, -0.2) is 46.6 Å². The Kier molecular flexibility index (Phi) is 3.87. The van der Waals surface area contributed by atoms with E-state index < -0.39 is 15.6 Å². The molecule has 17 heavy (non-hydrogen) atoms. The number of halogens is 1. The van der Waals surface area contributed by atoms with Crippen LogP contribution < -0.4 is 0 Å². The normalized spacial score (nSPS) is 13.4. The molecule has 0 atom stereocenters. The Bertz CT molecular complexity index is 485. The number of likely N-dealkylation sites (N-methyl/N-ethyl adjacent to an activating group) is 1. The Morgan fingerprint density at radius 2 is 2.12 bits per heavy atom. The third-order valence-corrected chi connectivity index (χ3v) is 4.11.